The summed E-state index contributed by atoms with van der Waals surface area (Å²) < 4.78 is 7.44. The molecular formula is C54H34N2S. The zero-order valence-electron chi connectivity index (χ0n) is 30.9. The Morgan fingerprint density at radius 1 is 0.281 bits per heavy atom. The number of rotatable bonds is 5. The molecule has 0 amide bonds. The van der Waals surface area contributed by atoms with Gasteiger partial charge in [0, 0.05) is 53.1 Å². The van der Waals surface area contributed by atoms with Gasteiger partial charge in [-0.1, -0.05) is 127 Å². The third-order valence-corrected chi connectivity index (χ3v) is 12.9. The second-order valence-electron chi connectivity index (χ2n) is 14.9. The van der Waals surface area contributed by atoms with Gasteiger partial charge in [0.05, 0.1) is 22.1 Å². The van der Waals surface area contributed by atoms with E-state index in [1.807, 2.05) is 11.3 Å². The van der Waals surface area contributed by atoms with Crippen molar-refractivity contribution in [3.05, 3.63) is 206 Å². The largest absolute Gasteiger partial charge is 0.309 e. The van der Waals surface area contributed by atoms with E-state index in [9.17, 15) is 0 Å². The van der Waals surface area contributed by atoms with Crippen LogP contribution >= 0.6 is 11.3 Å². The molecule has 0 saturated heterocycles. The van der Waals surface area contributed by atoms with Crippen LogP contribution in [0.2, 0.25) is 0 Å². The standard InChI is InChI=1S/C54H34N2S/c1-3-14-40(15-4-1)55-50-24-11-8-19-44(50)48-33-35(27-29-51(48)55)37-30-38(32-39(31-37)42-21-13-22-47-46-20-9-12-25-53(46)57-54(42)47)36-26-28-45-43-18-7-10-23-49(43)56(52(45)34-36)41-16-5-2-6-17-41/h1-34H. The summed E-state index contributed by atoms with van der Waals surface area (Å²) in [6.45, 7) is 0. The molecule has 57 heavy (non-hydrogen) atoms. The van der Waals surface area contributed by atoms with Crippen molar-refractivity contribution in [3.63, 3.8) is 0 Å². The Morgan fingerprint density at radius 3 is 1.51 bits per heavy atom. The molecule has 12 aromatic rings. The topological polar surface area (TPSA) is 9.86 Å². The van der Waals surface area contributed by atoms with E-state index in [2.05, 4.69) is 215 Å². The molecular weight excluding hydrogens is 709 g/mol. The molecule has 0 radical (unpaired) electrons. The number of fused-ring (bicyclic) bond motifs is 9. The van der Waals surface area contributed by atoms with Crippen LogP contribution in [0.3, 0.4) is 0 Å². The molecule has 0 aliphatic carbocycles. The van der Waals surface area contributed by atoms with Gasteiger partial charge in [0.15, 0.2) is 0 Å². The molecule has 3 heteroatoms. The highest BCUT2D eigenvalue weighted by molar-refractivity contribution is 7.26. The van der Waals surface area contributed by atoms with Crippen LogP contribution in [-0.2, 0) is 0 Å². The van der Waals surface area contributed by atoms with Crippen LogP contribution in [0.4, 0.5) is 0 Å². The molecule has 0 fully saturated rings. The minimum Gasteiger partial charge on any atom is -0.309 e. The van der Waals surface area contributed by atoms with Crippen LogP contribution in [0.5, 0.6) is 0 Å². The van der Waals surface area contributed by atoms with Gasteiger partial charge in [-0.15, -0.1) is 11.3 Å². The van der Waals surface area contributed by atoms with E-state index >= 15 is 0 Å². The fourth-order valence-electron chi connectivity index (χ4n) is 9.10. The maximum Gasteiger partial charge on any atom is 0.0547 e. The Balaban J connectivity index is 1.11. The van der Waals surface area contributed by atoms with Gasteiger partial charge in [-0.25, -0.2) is 0 Å². The zero-order chi connectivity index (χ0) is 37.5. The number of nitrogens with zero attached hydrogens (tertiary/aromatic N) is 2. The van der Waals surface area contributed by atoms with Crippen molar-refractivity contribution in [2.75, 3.05) is 0 Å². The minimum atomic E-state index is 1.16. The molecule has 0 N–H and O–H groups in total. The van der Waals surface area contributed by atoms with Crippen LogP contribution < -0.4 is 0 Å². The number of hydrogen-bond donors (Lipinski definition) is 0. The summed E-state index contributed by atoms with van der Waals surface area (Å²) in [6.07, 6.45) is 0. The summed E-state index contributed by atoms with van der Waals surface area (Å²) in [6, 6.07) is 75.8. The molecule has 0 spiro atoms. The van der Waals surface area contributed by atoms with Gasteiger partial charge in [0.25, 0.3) is 0 Å². The van der Waals surface area contributed by atoms with E-state index in [1.165, 1.54) is 103 Å². The summed E-state index contributed by atoms with van der Waals surface area (Å²) >= 11 is 1.89. The number of hydrogen-bond acceptors (Lipinski definition) is 1. The molecule has 0 atom stereocenters. The van der Waals surface area contributed by atoms with Crippen molar-refractivity contribution < 1.29 is 0 Å². The molecule has 266 valence electrons. The Hall–Kier alpha value is -7.20. The predicted molar refractivity (Wildman–Crippen MR) is 244 cm³/mol. The van der Waals surface area contributed by atoms with Crippen molar-refractivity contribution in [1.82, 2.24) is 9.13 Å². The Kier molecular flexibility index (Phi) is 7.13. The van der Waals surface area contributed by atoms with Crippen molar-refractivity contribution >= 4 is 75.1 Å². The Labute approximate surface area is 333 Å². The lowest BCUT2D eigenvalue weighted by molar-refractivity contribution is 1.18. The fourth-order valence-corrected chi connectivity index (χ4v) is 10.3. The quantitative estimate of drug-likeness (QED) is 0.166. The Bertz CT molecular complexity index is 3510. The third kappa shape index (κ3) is 5.03. The highest BCUT2D eigenvalue weighted by Crippen LogP contribution is 2.44. The zero-order valence-corrected chi connectivity index (χ0v) is 31.7. The number of aromatic nitrogens is 2. The van der Waals surface area contributed by atoms with Crippen molar-refractivity contribution in [1.29, 1.82) is 0 Å². The molecule has 3 heterocycles. The van der Waals surface area contributed by atoms with Crippen LogP contribution in [0.15, 0.2) is 206 Å². The van der Waals surface area contributed by atoms with Crippen molar-refractivity contribution in [2.24, 2.45) is 0 Å². The molecule has 0 aliphatic heterocycles. The summed E-state index contributed by atoms with van der Waals surface area (Å²) in [5, 5.41) is 7.64. The first-order valence-electron chi connectivity index (χ1n) is 19.5. The first-order chi connectivity index (χ1) is 28.3. The van der Waals surface area contributed by atoms with Gasteiger partial charge >= 0.3 is 0 Å². The summed E-state index contributed by atoms with van der Waals surface area (Å²) in [7, 11) is 0. The third-order valence-electron chi connectivity index (χ3n) is 11.7. The molecule has 0 saturated carbocycles. The lowest BCUT2D eigenvalue weighted by Gasteiger charge is -2.14. The van der Waals surface area contributed by atoms with E-state index in [0.717, 1.165) is 5.69 Å². The summed E-state index contributed by atoms with van der Waals surface area (Å²) in [5.74, 6) is 0. The minimum absolute atomic E-state index is 1.16. The SMILES string of the molecule is c1ccc(-n2c3ccccc3c3cc(-c4cc(-c5ccc6c7ccccc7n(-c7ccccc7)c6c5)cc(-c5cccc6c5sc5ccccc56)c4)ccc32)cc1. The van der Waals surface area contributed by atoms with Gasteiger partial charge in [0.1, 0.15) is 0 Å². The predicted octanol–water partition coefficient (Wildman–Crippen LogP) is 15.2. The van der Waals surface area contributed by atoms with Gasteiger partial charge in [-0.3, -0.25) is 0 Å². The monoisotopic (exact) mass is 742 g/mol. The molecule has 0 unspecified atom stereocenters. The summed E-state index contributed by atoms with van der Waals surface area (Å²) in [4.78, 5) is 0. The molecule has 3 aromatic heterocycles. The maximum atomic E-state index is 2.41. The highest BCUT2D eigenvalue weighted by Gasteiger charge is 2.18. The maximum absolute atomic E-state index is 2.41. The van der Waals surface area contributed by atoms with Crippen molar-refractivity contribution in [3.8, 4) is 44.8 Å². The van der Waals surface area contributed by atoms with E-state index in [-0.39, 0.29) is 0 Å². The lowest BCUT2D eigenvalue weighted by Crippen LogP contribution is -1.93. The molecule has 9 aromatic carbocycles. The average Bonchev–Trinajstić information content (AvgIpc) is 3.94. The Morgan fingerprint density at radius 2 is 0.789 bits per heavy atom. The van der Waals surface area contributed by atoms with Gasteiger partial charge in [-0.2, -0.15) is 0 Å². The number of benzene rings is 9. The smallest absolute Gasteiger partial charge is 0.0547 e. The number of thiophene rings is 1. The average molecular weight is 743 g/mol. The van der Waals surface area contributed by atoms with Crippen LogP contribution in [0, 0.1) is 0 Å². The summed E-state index contributed by atoms with van der Waals surface area (Å²) in [5.41, 5.74) is 14.4. The highest BCUT2D eigenvalue weighted by atomic mass is 32.1. The van der Waals surface area contributed by atoms with Crippen LogP contribution in [0.25, 0.3) is 109 Å². The van der Waals surface area contributed by atoms with Crippen molar-refractivity contribution in [2.45, 2.75) is 0 Å². The number of para-hydroxylation sites is 4. The van der Waals surface area contributed by atoms with E-state index in [0.29, 0.717) is 0 Å². The molecule has 0 bridgehead atoms. The van der Waals surface area contributed by atoms with Gasteiger partial charge < -0.3 is 9.13 Å². The van der Waals surface area contributed by atoms with E-state index in [1.54, 1.807) is 0 Å². The molecule has 0 aliphatic rings. The van der Waals surface area contributed by atoms with Gasteiger partial charge in [0.2, 0.25) is 0 Å². The molecule has 12 rings (SSSR count). The lowest BCUT2D eigenvalue weighted by atomic mass is 9.92. The normalized spacial score (nSPS) is 11.9. The fraction of sp³-hybridized carbons (Fsp3) is 0. The second kappa shape index (κ2) is 12.7. The first kappa shape index (κ1) is 32.1. The van der Waals surface area contributed by atoms with Crippen LogP contribution in [0.1, 0.15) is 0 Å². The first-order valence-corrected chi connectivity index (χ1v) is 20.3. The molecule has 2 nitrogen and oxygen atoms in total. The van der Waals surface area contributed by atoms with Gasteiger partial charge in [-0.05, 0) is 112 Å². The van der Waals surface area contributed by atoms with Crippen LogP contribution in [-0.4, -0.2) is 9.13 Å². The van der Waals surface area contributed by atoms with E-state index in [4.69, 9.17) is 0 Å². The second-order valence-corrected chi connectivity index (χ2v) is 16.0. The van der Waals surface area contributed by atoms with E-state index < -0.39 is 0 Å².